The van der Waals surface area contributed by atoms with Gasteiger partial charge in [0.25, 0.3) is 0 Å². The average molecular weight is 821 g/mol. The molecule has 292 valence electrons. The molecule has 10 aromatic carbocycles. The van der Waals surface area contributed by atoms with Gasteiger partial charge in [0.15, 0.2) is 17.5 Å². The fourth-order valence-corrected chi connectivity index (χ4v) is 10.9. The first-order valence-corrected chi connectivity index (χ1v) is 22.0. The quantitative estimate of drug-likeness (QED) is 0.177. The highest BCUT2D eigenvalue weighted by Crippen LogP contribution is 2.44. The van der Waals surface area contributed by atoms with Crippen LogP contribution in [-0.4, -0.2) is 19.5 Å². The van der Waals surface area contributed by atoms with Gasteiger partial charge in [-0.05, 0) is 99.0 Å². The van der Waals surface area contributed by atoms with E-state index in [1.807, 2.05) is 18.2 Å². The Balaban J connectivity index is 1.12. The van der Waals surface area contributed by atoms with Crippen LogP contribution in [0.15, 0.2) is 199 Å². The lowest BCUT2D eigenvalue weighted by Crippen LogP contribution is -2.04. The van der Waals surface area contributed by atoms with Crippen molar-refractivity contribution in [3.05, 3.63) is 194 Å². The van der Waals surface area contributed by atoms with Crippen LogP contribution >= 0.6 is 11.3 Å². The zero-order valence-corrected chi connectivity index (χ0v) is 34.4. The van der Waals surface area contributed by atoms with Crippen molar-refractivity contribution in [3.63, 3.8) is 0 Å². The first-order valence-electron chi connectivity index (χ1n) is 21.2. The topological polar surface area (TPSA) is 56.7 Å². The molecule has 0 aliphatic carbocycles. The number of rotatable bonds is 4. The maximum absolute atomic E-state index is 6.27. The van der Waals surface area contributed by atoms with Crippen LogP contribution in [0.1, 0.15) is 0 Å². The van der Waals surface area contributed by atoms with Gasteiger partial charge in [-0.3, -0.25) is 0 Å². The van der Waals surface area contributed by atoms with Crippen molar-refractivity contribution in [3.8, 4) is 39.9 Å². The van der Waals surface area contributed by atoms with Gasteiger partial charge in [0.2, 0.25) is 0 Å². The molecule has 4 aromatic heterocycles. The van der Waals surface area contributed by atoms with Crippen LogP contribution in [0, 0.1) is 0 Å². The Morgan fingerprint density at radius 1 is 0.349 bits per heavy atom. The second-order valence-corrected chi connectivity index (χ2v) is 17.5. The highest BCUT2D eigenvalue weighted by atomic mass is 32.1. The molecule has 0 unspecified atom stereocenters. The Kier molecular flexibility index (Phi) is 7.21. The Labute approximate surface area is 363 Å². The average Bonchev–Trinajstić information content (AvgIpc) is 4.00. The molecule has 0 aliphatic heterocycles. The summed E-state index contributed by atoms with van der Waals surface area (Å²) in [5.41, 5.74) is 7.70. The number of para-hydroxylation sites is 1. The van der Waals surface area contributed by atoms with Crippen LogP contribution in [0.3, 0.4) is 0 Å². The SMILES string of the molecule is c1ccc2cc3c(cc2c1)c1cc2ccccc2cc1n3-c1cc2c(cc1-c1nc(-c3ccc4oc5ccccc5c4c3)nc(-c3cccc4ccccc34)n1)sc1ccccc12. The molecular weight excluding hydrogens is 789 g/mol. The standard InChI is InChI=1S/C57H32N4OS/c1-3-15-36-29-48-43(26-34(36)13-1)44-27-35-14-2-4-16-37(35)30-49(44)61(48)50-31-46-41-20-8-10-23-53(41)63-54(46)32-47(50)57-59-55(38-24-25-52-45(28-38)40-19-7-9-22-51(40)62-52)58-56(60-57)42-21-11-17-33-12-5-6-18-39(33)42/h1-32H. The molecular formula is C57H32N4OS. The summed E-state index contributed by atoms with van der Waals surface area (Å²) in [7, 11) is 0. The molecule has 14 rings (SSSR count). The molecule has 0 aliphatic rings. The van der Waals surface area contributed by atoms with Gasteiger partial charge in [-0.1, -0.05) is 127 Å². The van der Waals surface area contributed by atoms with Crippen LogP contribution in [0.2, 0.25) is 0 Å². The van der Waals surface area contributed by atoms with E-state index in [-0.39, 0.29) is 0 Å². The lowest BCUT2D eigenvalue weighted by molar-refractivity contribution is 0.669. The number of nitrogens with zero attached hydrogens (tertiary/aromatic N) is 4. The zero-order chi connectivity index (χ0) is 41.2. The van der Waals surface area contributed by atoms with Crippen molar-refractivity contribution < 1.29 is 4.42 Å². The van der Waals surface area contributed by atoms with Gasteiger partial charge in [0.1, 0.15) is 11.2 Å². The fraction of sp³-hybridized carbons (Fsp3) is 0. The molecule has 0 N–H and O–H groups in total. The van der Waals surface area contributed by atoms with E-state index in [0.717, 1.165) is 66.1 Å². The van der Waals surface area contributed by atoms with Gasteiger partial charge in [0, 0.05) is 58.4 Å². The molecule has 6 heteroatoms. The molecule has 5 nitrogen and oxygen atoms in total. The first-order chi connectivity index (χ1) is 31.2. The van der Waals surface area contributed by atoms with Gasteiger partial charge in [0.05, 0.1) is 16.7 Å². The van der Waals surface area contributed by atoms with E-state index in [9.17, 15) is 0 Å². The highest BCUT2D eigenvalue weighted by molar-refractivity contribution is 7.25. The summed E-state index contributed by atoms with van der Waals surface area (Å²) >= 11 is 1.80. The molecule has 0 atom stereocenters. The summed E-state index contributed by atoms with van der Waals surface area (Å²) in [4.78, 5) is 16.3. The fourth-order valence-electron chi connectivity index (χ4n) is 9.80. The maximum atomic E-state index is 6.27. The molecule has 0 saturated heterocycles. The molecule has 4 heterocycles. The predicted octanol–water partition coefficient (Wildman–Crippen LogP) is 15.7. The largest absolute Gasteiger partial charge is 0.456 e. The summed E-state index contributed by atoms with van der Waals surface area (Å²) in [6.45, 7) is 0. The van der Waals surface area contributed by atoms with Gasteiger partial charge in [-0.2, -0.15) is 0 Å². The summed E-state index contributed by atoms with van der Waals surface area (Å²) in [6, 6.07) is 69.3. The summed E-state index contributed by atoms with van der Waals surface area (Å²) in [5, 5.41) is 13.9. The van der Waals surface area contributed by atoms with Crippen LogP contribution in [0.25, 0.3) is 136 Å². The summed E-state index contributed by atoms with van der Waals surface area (Å²) in [5.74, 6) is 1.81. The van der Waals surface area contributed by atoms with Gasteiger partial charge in [-0.25, -0.2) is 15.0 Å². The lowest BCUT2D eigenvalue weighted by Gasteiger charge is -2.16. The third-order valence-corrected chi connectivity index (χ3v) is 13.9. The molecule has 0 amide bonds. The minimum Gasteiger partial charge on any atom is -0.456 e. The Morgan fingerprint density at radius 2 is 0.921 bits per heavy atom. The smallest absolute Gasteiger partial charge is 0.166 e. The first kappa shape index (κ1) is 34.5. The zero-order valence-electron chi connectivity index (χ0n) is 33.6. The minimum absolute atomic E-state index is 0.594. The van der Waals surface area contributed by atoms with E-state index in [0.29, 0.717) is 17.5 Å². The highest BCUT2D eigenvalue weighted by Gasteiger charge is 2.23. The Hall–Kier alpha value is -8.19. The normalized spacial score (nSPS) is 12.1. The van der Waals surface area contributed by atoms with Crippen LogP contribution in [-0.2, 0) is 0 Å². The van der Waals surface area contributed by atoms with Gasteiger partial charge in [-0.15, -0.1) is 11.3 Å². The van der Waals surface area contributed by atoms with E-state index in [1.165, 1.54) is 52.5 Å². The molecule has 0 spiro atoms. The molecule has 0 fully saturated rings. The predicted molar refractivity (Wildman–Crippen MR) is 263 cm³/mol. The van der Waals surface area contributed by atoms with E-state index >= 15 is 0 Å². The Morgan fingerprint density at radius 3 is 1.67 bits per heavy atom. The van der Waals surface area contributed by atoms with Crippen LogP contribution in [0.5, 0.6) is 0 Å². The number of hydrogen-bond donors (Lipinski definition) is 0. The van der Waals surface area contributed by atoms with Gasteiger partial charge >= 0.3 is 0 Å². The molecule has 0 radical (unpaired) electrons. The monoisotopic (exact) mass is 820 g/mol. The summed E-state index contributed by atoms with van der Waals surface area (Å²) < 4.78 is 11.1. The maximum Gasteiger partial charge on any atom is 0.166 e. The number of aromatic nitrogens is 4. The van der Waals surface area contributed by atoms with Crippen molar-refractivity contribution in [2.45, 2.75) is 0 Å². The van der Waals surface area contributed by atoms with Crippen molar-refractivity contribution in [1.29, 1.82) is 0 Å². The van der Waals surface area contributed by atoms with Gasteiger partial charge < -0.3 is 8.98 Å². The van der Waals surface area contributed by atoms with E-state index in [4.69, 9.17) is 19.4 Å². The van der Waals surface area contributed by atoms with Crippen molar-refractivity contribution >= 4 is 108 Å². The number of fused-ring (bicyclic) bond motifs is 12. The van der Waals surface area contributed by atoms with E-state index in [2.05, 4.69) is 180 Å². The number of thiophene rings is 1. The number of benzene rings is 10. The summed E-state index contributed by atoms with van der Waals surface area (Å²) in [6.07, 6.45) is 0. The minimum atomic E-state index is 0.594. The third-order valence-electron chi connectivity index (χ3n) is 12.8. The number of furan rings is 1. The molecule has 0 saturated carbocycles. The lowest BCUT2D eigenvalue weighted by atomic mass is 10.0. The van der Waals surface area contributed by atoms with Crippen molar-refractivity contribution in [2.24, 2.45) is 0 Å². The Bertz CT molecular complexity index is 4130. The second kappa shape index (κ2) is 13.2. The third kappa shape index (κ3) is 5.25. The van der Waals surface area contributed by atoms with Crippen LogP contribution in [0.4, 0.5) is 0 Å². The molecule has 0 bridgehead atoms. The van der Waals surface area contributed by atoms with E-state index < -0.39 is 0 Å². The van der Waals surface area contributed by atoms with Crippen molar-refractivity contribution in [2.75, 3.05) is 0 Å². The number of hydrogen-bond acceptors (Lipinski definition) is 5. The second-order valence-electron chi connectivity index (χ2n) is 16.4. The van der Waals surface area contributed by atoms with Crippen LogP contribution < -0.4 is 0 Å². The van der Waals surface area contributed by atoms with Crippen molar-refractivity contribution in [1.82, 2.24) is 19.5 Å². The molecule has 14 aromatic rings. The molecule has 63 heavy (non-hydrogen) atoms. The van der Waals surface area contributed by atoms with E-state index in [1.54, 1.807) is 11.3 Å².